The van der Waals surface area contributed by atoms with Crippen molar-refractivity contribution in [2.75, 3.05) is 6.54 Å². The minimum atomic E-state index is -0.185. The van der Waals surface area contributed by atoms with Gasteiger partial charge in [0.05, 0.1) is 0 Å². The van der Waals surface area contributed by atoms with E-state index in [-0.39, 0.29) is 11.4 Å². The summed E-state index contributed by atoms with van der Waals surface area (Å²) in [7, 11) is 0. The van der Waals surface area contributed by atoms with Gasteiger partial charge in [-0.2, -0.15) is 0 Å². The Morgan fingerprint density at radius 2 is 2.24 bits per heavy atom. The van der Waals surface area contributed by atoms with Crippen LogP contribution in [0.4, 0.5) is 0 Å². The average molecular weight is 253 g/mol. The summed E-state index contributed by atoms with van der Waals surface area (Å²) in [4.78, 5) is 12.0. The van der Waals surface area contributed by atoms with Gasteiger partial charge in [0.25, 0.3) is 5.91 Å². The van der Waals surface area contributed by atoms with Crippen LogP contribution in [0.1, 0.15) is 35.2 Å². The number of carbonyl (C=O) groups excluding carboxylic acids is 1. The van der Waals surface area contributed by atoms with Gasteiger partial charge in [0, 0.05) is 22.7 Å². The van der Waals surface area contributed by atoms with Crippen LogP contribution in [-0.4, -0.2) is 18.0 Å². The largest absolute Gasteiger partial charge is 0.350 e. The zero-order chi connectivity index (χ0) is 12.5. The van der Waals surface area contributed by atoms with Gasteiger partial charge in [-0.25, -0.2) is 0 Å². The lowest BCUT2D eigenvalue weighted by Crippen LogP contribution is -2.54. The summed E-state index contributed by atoms with van der Waals surface area (Å²) in [6.07, 6.45) is 3.14. The van der Waals surface area contributed by atoms with Crippen LogP contribution in [0, 0.1) is 6.92 Å². The first-order valence-corrected chi connectivity index (χ1v) is 6.21. The number of hydrogen-bond acceptors (Lipinski definition) is 2. The third-order valence-electron chi connectivity index (χ3n) is 3.38. The van der Waals surface area contributed by atoms with Gasteiger partial charge in [-0.1, -0.05) is 11.6 Å². The molecule has 2 rings (SSSR count). The smallest absolute Gasteiger partial charge is 0.251 e. The van der Waals surface area contributed by atoms with E-state index in [9.17, 15) is 4.79 Å². The van der Waals surface area contributed by atoms with Crippen molar-refractivity contribution in [2.45, 2.75) is 31.7 Å². The summed E-state index contributed by atoms with van der Waals surface area (Å²) in [5.74, 6) is -0.0732. The van der Waals surface area contributed by atoms with Gasteiger partial charge in [0.15, 0.2) is 0 Å². The molecule has 0 heterocycles. The van der Waals surface area contributed by atoms with Crippen LogP contribution in [0.2, 0.25) is 5.02 Å². The predicted molar refractivity (Wildman–Crippen MR) is 69.3 cm³/mol. The minimum absolute atomic E-state index is 0.0732. The number of rotatable bonds is 3. The number of halogens is 1. The van der Waals surface area contributed by atoms with Crippen molar-refractivity contribution < 1.29 is 4.79 Å². The Hall–Kier alpha value is -1.06. The number of carbonyl (C=O) groups is 1. The van der Waals surface area contributed by atoms with Crippen molar-refractivity contribution in [3.63, 3.8) is 0 Å². The molecule has 0 aliphatic heterocycles. The highest BCUT2D eigenvalue weighted by atomic mass is 35.5. The average Bonchev–Trinajstić information content (AvgIpc) is 2.23. The molecule has 0 bridgehead atoms. The van der Waals surface area contributed by atoms with Crippen LogP contribution in [0.5, 0.6) is 0 Å². The van der Waals surface area contributed by atoms with E-state index in [1.807, 2.05) is 6.92 Å². The van der Waals surface area contributed by atoms with Gasteiger partial charge in [0.1, 0.15) is 0 Å². The third kappa shape index (κ3) is 2.79. The first kappa shape index (κ1) is 12.4. The van der Waals surface area contributed by atoms with Gasteiger partial charge >= 0.3 is 0 Å². The fourth-order valence-corrected chi connectivity index (χ4v) is 2.27. The van der Waals surface area contributed by atoms with Crippen LogP contribution in [-0.2, 0) is 0 Å². The third-order valence-corrected chi connectivity index (χ3v) is 3.62. The minimum Gasteiger partial charge on any atom is -0.350 e. The molecule has 0 atom stereocenters. The predicted octanol–water partition coefficient (Wildman–Crippen LogP) is 2.26. The number of amides is 1. The van der Waals surface area contributed by atoms with Crippen molar-refractivity contribution in [3.8, 4) is 0 Å². The number of hydrogen-bond donors (Lipinski definition) is 2. The molecular weight excluding hydrogens is 236 g/mol. The Morgan fingerprint density at radius 3 is 2.76 bits per heavy atom. The van der Waals surface area contributed by atoms with E-state index in [1.54, 1.807) is 18.2 Å². The van der Waals surface area contributed by atoms with Crippen molar-refractivity contribution in [2.24, 2.45) is 5.73 Å². The van der Waals surface area contributed by atoms with Crippen molar-refractivity contribution in [3.05, 3.63) is 34.3 Å². The SMILES string of the molecule is Cc1cc(Cl)ccc1C(=O)NCC1(N)CCC1. The molecule has 3 N–H and O–H groups in total. The summed E-state index contributed by atoms with van der Waals surface area (Å²) >= 11 is 5.85. The molecule has 0 aromatic heterocycles. The van der Waals surface area contributed by atoms with Crippen LogP contribution < -0.4 is 11.1 Å². The normalized spacial score (nSPS) is 17.4. The van der Waals surface area contributed by atoms with E-state index in [4.69, 9.17) is 17.3 Å². The zero-order valence-electron chi connectivity index (χ0n) is 9.92. The molecule has 17 heavy (non-hydrogen) atoms. The molecule has 1 fully saturated rings. The lowest BCUT2D eigenvalue weighted by atomic mass is 9.78. The number of nitrogens with one attached hydrogen (secondary N) is 1. The summed E-state index contributed by atoms with van der Waals surface area (Å²) in [5, 5.41) is 3.54. The fraction of sp³-hybridized carbons (Fsp3) is 0.462. The molecule has 1 aromatic carbocycles. The molecule has 4 heteroatoms. The van der Waals surface area contributed by atoms with Crippen LogP contribution in [0.15, 0.2) is 18.2 Å². The standard InChI is InChI=1S/C13H17ClN2O/c1-9-7-10(14)3-4-11(9)12(17)16-8-13(15)5-2-6-13/h3-4,7H,2,5-6,8,15H2,1H3,(H,16,17). The summed E-state index contributed by atoms with van der Waals surface area (Å²) in [6, 6.07) is 5.26. The molecular formula is C13H17ClN2O. The van der Waals surface area contributed by atoms with Gasteiger partial charge < -0.3 is 11.1 Å². The van der Waals surface area contributed by atoms with Gasteiger partial charge in [-0.05, 0) is 49.9 Å². The summed E-state index contributed by atoms with van der Waals surface area (Å²) < 4.78 is 0. The first-order chi connectivity index (χ1) is 8.00. The maximum absolute atomic E-state index is 12.0. The zero-order valence-corrected chi connectivity index (χ0v) is 10.7. The van der Waals surface area contributed by atoms with Gasteiger partial charge in [-0.15, -0.1) is 0 Å². The Balaban J connectivity index is 1.99. The molecule has 1 aromatic rings. The Kier molecular flexibility index (Phi) is 3.40. The van der Waals surface area contributed by atoms with Crippen LogP contribution >= 0.6 is 11.6 Å². The Morgan fingerprint density at radius 1 is 1.53 bits per heavy atom. The lowest BCUT2D eigenvalue weighted by Gasteiger charge is -2.38. The molecule has 0 spiro atoms. The quantitative estimate of drug-likeness (QED) is 0.867. The molecule has 92 valence electrons. The van der Waals surface area contributed by atoms with Crippen LogP contribution in [0.3, 0.4) is 0 Å². The van der Waals surface area contributed by atoms with E-state index in [0.717, 1.165) is 24.8 Å². The second kappa shape index (κ2) is 4.67. The van der Waals surface area contributed by atoms with Crippen LogP contribution in [0.25, 0.3) is 0 Å². The topological polar surface area (TPSA) is 55.1 Å². The van der Waals surface area contributed by atoms with Gasteiger partial charge in [-0.3, -0.25) is 4.79 Å². The molecule has 0 saturated heterocycles. The fourth-order valence-electron chi connectivity index (χ4n) is 2.04. The van der Waals surface area contributed by atoms with Crippen molar-refractivity contribution in [1.29, 1.82) is 0 Å². The monoisotopic (exact) mass is 252 g/mol. The van der Waals surface area contributed by atoms with E-state index in [2.05, 4.69) is 5.32 Å². The van der Waals surface area contributed by atoms with Crippen molar-refractivity contribution in [1.82, 2.24) is 5.32 Å². The van der Waals surface area contributed by atoms with E-state index < -0.39 is 0 Å². The highest BCUT2D eigenvalue weighted by Gasteiger charge is 2.32. The molecule has 1 aliphatic carbocycles. The highest BCUT2D eigenvalue weighted by molar-refractivity contribution is 6.30. The second-order valence-corrected chi connectivity index (χ2v) is 5.29. The van der Waals surface area contributed by atoms with E-state index in [0.29, 0.717) is 17.1 Å². The molecule has 0 unspecified atom stereocenters. The summed E-state index contributed by atoms with van der Waals surface area (Å²) in [5.41, 5.74) is 7.42. The maximum Gasteiger partial charge on any atom is 0.251 e. The van der Waals surface area contributed by atoms with E-state index >= 15 is 0 Å². The lowest BCUT2D eigenvalue weighted by molar-refractivity contribution is 0.0929. The molecule has 1 amide bonds. The highest BCUT2D eigenvalue weighted by Crippen LogP contribution is 2.28. The number of nitrogens with two attached hydrogens (primary N) is 1. The second-order valence-electron chi connectivity index (χ2n) is 4.86. The van der Waals surface area contributed by atoms with E-state index in [1.165, 1.54) is 0 Å². The molecule has 3 nitrogen and oxygen atoms in total. The Bertz CT molecular complexity index is 441. The molecule has 1 aliphatic rings. The number of benzene rings is 1. The van der Waals surface area contributed by atoms with Crippen molar-refractivity contribution >= 4 is 17.5 Å². The molecule has 1 saturated carbocycles. The maximum atomic E-state index is 12.0. The first-order valence-electron chi connectivity index (χ1n) is 5.83. The molecule has 0 radical (unpaired) electrons. The van der Waals surface area contributed by atoms with Gasteiger partial charge in [0.2, 0.25) is 0 Å². The Labute approximate surface area is 106 Å². The summed E-state index contributed by atoms with van der Waals surface area (Å²) in [6.45, 7) is 2.43. The number of aryl methyl sites for hydroxylation is 1.